The number of hydrogen-bond donors (Lipinski definition) is 2. The van der Waals surface area contributed by atoms with Gasteiger partial charge in [0.05, 0.1) is 0 Å². The third-order valence-corrected chi connectivity index (χ3v) is 2.69. The Hall–Kier alpha value is -1.88. The number of rotatable bonds is 5. The quantitative estimate of drug-likeness (QED) is 0.835. The monoisotopic (exact) mass is 251 g/mol. The number of amides is 1. The van der Waals surface area contributed by atoms with Gasteiger partial charge in [0.2, 0.25) is 5.91 Å². The zero-order valence-electron chi connectivity index (χ0n) is 10.7. The first-order chi connectivity index (χ1) is 8.41. The predicted octanol–water partition coefficient (Wildman–Crippen LogP) is 1.73. The van der Waals surface area contributed by atoms with E-state index in [4.69, 9.17) is 9.84 Å². The molecule has 0 aliphatic rings. The maximum atomic E-state index is 11.6. The highest BCUT2D eigenvalue weighted by molar-refractivity contribution is 5.92. The molecule has 1 amide bonds. The van der Waals surface area contributed by atoms with Crippen LogP contribution in [-0.4, -0.2) is 29.7 Å². The van der Waals surface area contributed by atoms with Gasteiger partial charge < -0.3 is 15.2 Å². The molecule has 0 unspecified atom stereocenters. The Kier molecular flexibility index (Phi) is 4.85. The zero-order valence-corrected chi connectivity index (χ0v) is 10.7. The minimum Gasteiger partial charge on any atom is -0.479 e. The van der Waals surface area contributed by atoms with Crippen LogP contribution in [0, 0.1) is 13.8 Å². The summed E-state index contributed by atoms with van der Waals surface area (Å²) in [7, 11) is 0. The summed E-state index contributed by atoms with van der Waals surface area (Å²) in [6, 6.07) is 5.59. The fourth-order valence-electron chi connectivity index (χ4n) is 1.34. The van der Waals surface area contributed by atoms with Crippen LogP contribution in [-0.2, 0) is 14.3 Å². The number of carboxylic acid groups (broad SMARTS) is 1. The molecule has 2 N–H and O–H groups in total. The van der Waals surface area contributed by atoms with Crippen molar-refractivity contribution in [3.8, 4) is 0 Å². The van der Waals surface area contributed by atoms with Crippen LogP contribution >= 0.6 is 0 Å². The molecule has 1 aromatic carbocycles. The molecule has 0 aliphatic carbocycles. The molecule has 0 saturated carbocycles. The Labute approximate surface area is 106 Å². The second-order valence-electron chi connectivity index (χ2n) is 4.09. The molecular formula is C13H17NO4. The van der Waals surface area contributed by atoms with Crippen molar-refractivity contribution in [3.63, 3.8) is 0 Å². The summed E-state index contributed by atoms with van der Waals surface area (Å²) < 4.78 is 4.90. The molecule has 5 nitrogen and oxygen atoms in total. The average Bonchev–Trinajstić information content (AvgIpc) is 2.32. The van der Waals surface area contributed by atoms with Crippen LogP contribution in [0.4, 0.5) is 5.69 Å². The summed E-state index contributed by atoms with van der Waals surface area (Å²) >= 11 is 0. The first-order valence-corrected chi connectivity index (χ1v) is 5.62. The summed E-state index contributed by atoms with van der Waals surface area (Å²) in [5.74, 6) is -1.45. The number of carboxylic acids is 1. The lowest BCUT2D eigenvalue weighted by Crippen LogP contribution is -2.26. The van der Waals surface area contributed by atoms with Crippen molar-refractivity contribution in [3.05, 3.63) is 29.3 Å². The molecule has 5 heteroatoms. The molecule has 0 aromatic heterocycles. The molecular weight excluding hydrogens is 234 g/mol. The van der Waals surface area contributed by atoms with Crippen molar-refractivity contribution >= 4 is 17.6 Å². The topological polar surface area (TPSA) is 75.6 Å². The second-order valence-corrected chi connectivity index (χ2v) is 4.09. The minimum absolute atomic E-state index is 0.277. The van der Waals surface area contributed by atoms with E-state index in [1.54, 1.807) is 6.07 Å². The second kappa shape index (κ2) is 6.16. The number of aliphatic carboxylic acids is 1. The van der Waals surface area contributed by atoms with Crippen LogP contribution in [0.25, 0.3) is 0 Å². The van der Waals surface area contributed by atoms with E-state index in [1.807, 2.05) is 26.0 Å². The summed E-state index contributed by atoms with van der Waals surface area (Å²) in [5, 5.41) is 11.3. The van der Waals surface area contributed by atoms with Gasteiger partial charge in [-0.1, -0.05) is 12.1 Å². The van der Waals surface area contributed by atoms with Crippen molar-refractivity contribution in [1.29, 1.82) is 0 Å². The van der Waals surface area contributed by atoms with E-state index in [1.165, 1.54) is 6.92 Å². The van der Waals surface area contributed by atoms with E-state index in [0.29, 0.717) is 5.69 Å². The number of carbonyl (C=O) groups is 2. The number of nitrogens with one attached hydrogen (secondary N) is 1. The van der Waals surface area contributed by atoms with Crippen LogP contribution < -0.4 is 5.32 Å². The Morgan fingerprint density at radius 3 is 2.67 bits per heavy atom. The van der Waals surface area contributed by atoms with Crippen molar-refractivity contribution < 1.29 is 19.4 Å². The first kappa shape index (κ1) is 14.2. The van der Waals surface area contributed by atoms with Gasteiger partial charge in [-0.05, 0) is 38.0 Å². The number of ether oxygens (including phenoxy) is 1. The summed E-state index contributed by atoms with van der Waals surface area (Å²) in [4.78, 5) is 22.1. The number of carbonyl (C=O) groups excluding carboxylic acids is 1. The Balaban J connectivity index is 2.55. The van der Waals surface area contributed by atoms with Crippen molar-refractivity contribution in [2.45, 2.75) is 26.9 Å². The van der Waals surface area contributed by atoms with Gasteiger partial charge in [0.1, 0.15) is 6.61 Å². The minimum atomic E-state index is -1.09. The number of anilines is 1. The molecule has 0 saturated heterocycles. The van der Waals surface area contributed by atoms with Crippen LogP contribution in [0.1, 0.15) is 18.1 Å². The highest BCUT2D eigenvalue weighted by Gasteiger charge is 2.13. The molecule has 98 valence electrons. The Bertz CT molecular complexity index is 456. The van der Waals surface area contributed by atoms with Crippen LogP contribution in [0.2, 0.25) is 0 Å². The smallest absolute Gasteiger partial charge is 0.332 e. The fraction of sp³-hybridized carbons (Fsp3) is 0.385. The average molecular weight is 251 g/mol. The Morgan fingerprint density at radius 2 is 2.06 bits per heavy atom. The van der Waals surface area contributed by atoms with E-state index in [-0.39, 0.29) is 12.5 Å². The summed E-state index contributed by atoms with van der Waals surface area (Å²) in [6.45, 7) is 4.97. The van der Waals surface area contributed by atoms with Gasteiger partial charge in [0, 0.05) is 5.69 Å². The molecule has 0 fully saturated rings. The lowest BCUT2D eigenvalue weighted by molar-refractivity contribution is -0.150. The molecule has 0 aliphatic heterocycles. The standard InChI is InChI=1S/C13H17NO4/c1-8-5-4-6-11(9(8)2)14-12(15)7-18-10(3)13(16)17/h4-6,10H,7H2,1-3H3,(H,14,15)(H,16,17)/t10-/m0/s1. The van der Waals surface area contributed by atoms with Crippen molar-refractivity contribution in [1.82, 2.24) is 0 Å². The van der Waals surface area contributed by atoms with Crippen molar-refractivity contribution in [2.75, 3.05) is 11.9 Å². The lowest BCUT2D eigenvalue weighted by Gasteiger charge is -2.11. The largest absolute Gasteiger partial charge is 0.479 e. The fourth-order valence-corrected chi connectivity index (χ4v) is 1.34. The molecule has 1 aromatic rings. The van der Waals surface area contributed by atoms with Gasteiger partial charge in [-0.3, -0.25) is 4.79 Å². The van der Waals surface area contributed by atoms with Gasteiger partial charge in [0.25, 0.3) is 0 Å². The normalized spacial score (nSPS) is 11.9. The predicted molar refractivity (Wildman–Crippen MR) is 67.6 cm³/mol. The van der Waals surface area contributed by atoms with Crippen LogP contribution in [0.5, 0.6) is 0 Å². The molecule has 0 heterocycles. The maximum Gasteiger partial charge on any atom is 0.332 e. The van der Waals surface area contributed by atoms with Gasteiger partial charge in [-0.25, -0.2) is 4.79 Å². The lowest BCUT2D eigenvalue weighted by atomic mass is 10.1. The van der Waals surface area contributed by atoms with E-state index in [9.17, 15) is 9.59 Å². The highest BCUT2D eigenvalue weighted by Crippen LogP contribution is 2.17. The van der Waals surface area contributed by atoms with Gasteiger partial charge in [-0.2, -0.15) is 0 Å². The molecule has 0 spiro atoms. The van der Waals surface area contributed by atoms with Crippen LogP contribution in [0.3, 0.4) is 0 Å². The number of aryl methyl sites for hydroxylation is 1. The Morgan fingerprint density at radius 1 is 1.39 bits per heavy atom. The van der Waals surface area contributed by atoms with Gasteiger partial charge in [0.15, 0.2) is 6.10 Å². The SMILES string of the molecule is Cc1cccc(NC(=O)CO[C@@H](C)C(=O)O)c1C. The highest BCUT2D eigenvalue weighted by atomic mass is 16.5. The first-order valence-electron chi connectivity index (χ1n) is 5.62. The van der Waals surface area contributed by atoms with Gasteiger partial charge in [-0.15, -0.1) is 0 Å². The van der Waals surface area contributed by atoms with E-state index in [0.717, 1.165) is 11.1 Å². The summed E-state index contributed by atoms with van der Waals surface area (Å²) in [5.41, 5.74) is 2.77. The third-order valence-electron chi connectivity index (χ3n) is 2.69. The molecule has 0 radical (unpaired) electrons. The number of hydrogen-bond acceptors (Lipinski definition) is 3. The maximum absolute atomic E-state index is 11.6. The van der Waals surface area contributed by atoms with Gasteiger partial charge >= 0.3 is 5.97 Å². The summed E-state index contributed by atoms with van der Waals surface area (Å²) in [6.07, 6.45) is -0.991. The number of benzene rings is 1. The van der Waals surface area contributed by atoms with E-state index in [2.05, 4.69) is 5.32 Å². The van der Waals surface area contributed by atoms with Crippen molar-refractivity contribution in [2.24, 2.45) is 0 Å². The molecule has 18 heavy (non-hydrogen) atoms. The van der Waals surface area contributed by atoms with E-state index >= 15 is 0 Å². The third kappa shape index (κ3) is 3.85. The molecule has 0 bridgehead atoms. The molecule has 1 atom stereocenters. The molecule has 1 rings (SSSR count). The van der Waals surface area contributed by atoms with Crippen LogP contribution in [0.15, 0.2) is 18.2 Å². The zero-order chi connectivity index (χ0) is 13.7. The van der Waals surface area contributed by atoms with E-state index < -0.39 is 12.1 Å².